The quantitative estimate of drug-likeness (QED) is 0.295. The lowest BCUT2D eigenvalue weighted by molar-refractivity contribution is -0.143. The van der Waals surface area contributed by atoms with E-state index in [1.54, 1.807) is 18.2 Å². The molecule has 0 bridgehead atoms. The number of hydrogen-bond acceptors (Lipinski definition) is 1. The van der Waals surface area contributed by atoms with E-state index in [0.717, 1.165) is 17.7 Å². The Morgan fingerprint density at radius 1 is 0.583 bits per heavy atom. The van der Waals surface area contributed by atoms with Crippen molar-refractivity contribution in [3.8, 4) is 16.9 Å². The first-order chi connectivity index (χ1) is 16.6. The van der Waals surface area contributed by atoms with Crippen LogP contribution < -0.4 is 4.74 Å². The molecule has 10 heteroatoms. The van der Waals surface area contributed by atoms with E-state index < -0.39 is 35.2 Å². The van der Waals surface area contributed by atoms with Crippen LogP contribution in [0.3, 0.4) is 0 Å². The van der Waals surface area contributed by atoms with Crippen LogP contribution in [0.25, 0.3) is 11.1 Å². The van der Waals surface area contributed by atoms with Gasteiger partial charge in [0.25, 0.3) is 0 Å². The molecule has 0 amide bonds. The summed E-state index contributed by atoms with van der Waals surface area (Å²) in [6, 6.07) is 9.33. The maximum absolute atomic E-state index is 13.4. The summed E-state index contributed by atoms with van der Waals surface area (Å²) in [6.45, 7) is 1.88. The van der Waals surface area contributed by atoms with Crippen LogP contribution in [0.2, 0.25) is 0 Å². The zero-order valence-corrected chi connectivity index (χ0v) is 19.1. The van der Waals surface area contributed by atoms with Crippen LogP contribution in [-0.2, 0) is 37.8 Å². The molecule has 3 aromatic rings. The largest absolute Gasteiger partial charge is 0.496 e. The highest BCUT2D eigenvalue weighted by Crippen LogP contribution is 2.39. The Labute approximate surface area is 201 Å². The minimum atomic E-state index is -5.02. The van der Waals surface area contributed by atoms with Gasteiger partial charge in [-0.05, 0) is 84.0 Å². The van der Waals surface area contributed by atoms with Crippen LogP contribution >= 0.6 is 0 Å². The van der Waals surface area contributed by atoms with Gasteiger partial charge in [-0.15, -0.1) is 0 Å². The highest BCUT2D eigenvalue weighted by Gasteiger charge is 2.37. The van der Waals surface area contributed by atoms with E-state index >= 15 is 0 Å². The van der Waals surface area contributed by atoms with Crippen molar-refractivity contribution in [2.24, 2.45) is 0 Å². The van der Waals surface area contributed by atoms with Gasteiger partial charge in [-0.3, -0.25) is 0 Å². The molecule has 0 unspecified atom stereocenters. The molecular formula is C26H21F9O. The van der Waals surface area contributed by atoms with Crippen LogP contribution in [-0.4, -0.2) is 7.11 Å². The van der Waals surface area contributed by atoms with Gasteiger partial charge in [-0.1, -0.05) is 19.1 Å². The first-order valence-electron chi connectivity index (χ1n) is 10.8. The second kappa shape index (κ2) is 10.1. The van der Waals surface area contributed by atoms with Crippen molar-refractivity contribution in [3.63, 3.8) is 0 Å². The Morgan fingerprint density at radius 3 is 1.67 bits per heavy atom. The van der Waals surface area contributed by atoms with Gasteiger partial charge in [0.2, 0.25) is 0 Å². The van der Waals surface area contributed by atoms with Gasteiger partial charge in [0.15, 0.2) is 0 Å². The summed E-state index contributed by atoms with van der Waals surface area (Å²) in [5.74, 6) is 0.367. The molecule has 0 aliphatic rings. The molecule has 3 rings (SSSR count). The third kappa shape index (κ3) is 6.33. The summed E-state index contributed by atoms with van der Waals surface area (Å²) in [5, 5.41) is 0. The predicted octanol–water partition coefficient (Wildman–Crippen LogP) is 8.77. The van der Waals surface area contributed by atoms with Gasteiger partial charge in [-0.25, -0.2) is 0 Å². The third-order valence-electron chi connectivity index (χ3n) is 5.73. The molecule has 0 atom stereocenters. The lowest BCUT2D eigenvalue weighted by Gasteiger charge is -2.18. The van der Waals surface area contributed by atoms with Crippen LogP contribution in [0, 0.1) is 0 Å². The summed E-state index contributed by atoms with van der Waals surface area (Å²) in [7, 11) is 1.38. The maximum Gasteiger partial charge on any atom is 0.416 e. The number of benzene rings is 3. The SMILES string of the molecule is CCc1ccc(OC)c(-c2ccc(C(F)(F)F)cc2CCc2cc(C(F)(F)F)cc(C(F)(F)F)c2)c1. The number of ether oxygens (including phenoxy) is 1. The number of aryl methyl sites for hydroxylation is 3. The predicted molar refractivity (Wildman–Crippen MR) is 117 cm³/mol. The molecule has 0 fully saturated rings. The van der Waals surface area contributed by atoms with Crippen molar-refractivity contribution in [1.82, 2.24) is 0 Å². The van der Waals surface area contributed by atoms with Crippen molar-refractivity contribution in [2.75, 3.05) is 7.11 Å². The van der Waals surface area contributed by atoms with Gasteiger partial charge < -0.3 is 4.74 Å². The fourth-order valence-corrected chi connectivity index (χ4v) is 3.87. The monoisotopic (exact) mass is 520 g/mol. The first-order valence-corrected chi connectivity index (χ1v) is 10.8. The topological polar surface area (TPSA) is 9.23 Å². The molecule has 0 saturated heterocycles. The van der Waals surface area contributed by atoms with Crippen LogP contribution in [0.15, 0.2) is 54.6 Å². The Kier molecular flexibility index (Phi) is 7.66. The lowest BCUT2D eigenvalue weighted by atomic mass is 9.91. The molecule has 36 heavy (non-hydrogen) atoms. The van der Waals surface area contributed by atoms with E-state index in [1.807, 2.05) is 6.92 Å². The fourth-order valence-electron chi connectivity index (χ4n) is 3.87. The Bertz CT molecular complexity index is 1190. The summed E-state index contributed by atoms with van der Waals surface area (Å²) in [4.78, 5) is 0. The number of hydrogen-bond donors (Lipinski definition) is 0. The summed E-state index contributed by atoms with van der Waals surface area (Å²) in [5.41, 5.74) is -2.44. The summed E-state index contributed by atoms with van der Waals surface area (Å²) >= 11 is 0. The molecule has 0 heterocycles. The Balaban J connectivity index is 2.11. The lowest BCUT2D eigenvalue weighted by Crippen LogP contribution is -2.12. The van der Waals surface area contributed by atoms with Crippen molar-refractivity contribution in [3.05, 3.63) is 88.0 Å². The molecule has 0 aliphatic carbocycles. The number of alkyl halides is 9. The van der Waals surface area contributed by atoms with Crippen LogP contribution in [0.4, 0.5) is 39.5 Å². The Hall–Kier alpha value is -3.17. The molecule has 0 saturated carbocycles. The normalized spacial score (nSPS) is 12.6. The fraction of sp³-hybridized carbons (Fsp3) is 0.308. The Morgan fingerprint density at radius 2 is 1.17 bits per heavy atom. The standard InChI is InChI=1S/C26H21F9O/c1-3-15-5-9-23(36-2)22(12-15)21-8-7-18(24(27,28)29)13-17(21)6-4-16-10-19(25(30,31)32)14-20(11-16)26(33,34)35/h5,7-14H,3-4,6H2,1-2H3. The second-order valence-electron chi connectivity index (χ2n) is 8.17. The van der Waals surface area contributed by atoms with E-state index in [-0.39, 0.29) is 30.0 Å². The smallest absolute Gasteiger partial charge is 0.416 e. The molecule has 3 aromatic carbocycles. The van der Waals surface area contributed by atoms with E-state index in [0.29, 0.717) is 35.4 Å². The van der Waals surface area contributed by atoms with E-state index in [9.17, 15) is 39.5 Å². The zero-order chi connectivity index (χ0) is 26.9. The summed E-state index contributed by atoms with van der Waals surface area (Å²) in [6.07, 6.45) is -14.7. The van der Waals surface area contributed by atoms with Crippen molar-refractivity contribution < 1.29 is 44.3 Å². The van der Waals surface area contributed by atoms with Crippen molar-refractivity contribution >= 4 is 0 Å². The second-order valence-corrected chi connectivity index (χ2v) is 8.17. The molecule has 0 N–H and O–H groups in total. The molecule has 0 radical (unpaired) electrons. The average molecular weight is 520 g/mol. The molecule has 194 valence electrons. The van der Waals surface area contributed by atoms with Crippen molar-refractivity contribution in [2.45, 2.75) is 44.7 Å². The molecule has 0 aromatic heterocycles. The number of methoxy groups -OCH3 is 1. The van der Waals surface area contributed by atoms with Crippen LogP contribution in [0.1, 0.15) is 40.3 Å². The van der Waals surface area contributed by atoms with Crippen LogP contribution in [0.5, 0.6) is 5.75 Å². The highest BCUT2D eigenvalue weighted by molar-refractivity contribution is 5.74. The van der Waals surface area contributed by atoms with E-state index in [4.69, 9.17) is 4.74 Å². The van der Waals surface area contributed by atoms with Gasteiger partial charge in [0.1, 0.15) is 5.75 Å². The third-order valence-corrected chi connectivity index (χ3v) is 5.73. The van der Waals surface area contributed by atoms with E-state index in [2.05, 4.69) is 0 Å². The number of rotatable bonds is 6. The molecule has 0 aliphatic heterocycles. The molecule has 0 spiro atoms. The maximum atomic E-state index is 13.4. The highest BCUT2D eigenvalue weighted by atomic mass is 19.4. The van der Waals surface area contributed by atoms with Crippen molar-refractivity contribution in [1.29, 1.82) is 0 Å². The van der Waals surface area contributed by atoms with Gasteiger partial charge in [0, 0.05) is 5.56 Å². The van der Waals surface area contributed by atoms with E-state index in [1.165, 1.54) is 13.2 Å². The van der Waals surface area contributed by atoms with Gasteiger partial charge in [0.05, 0.1) is 23.8 Å². The van der Waals surface area contributed by atoms with Gasteiger partial charge >= 0.3 is 18.5 Å². The molecular weight excluding hydrogens is 499 g/mol. The average Bonchev–Trinajstić information content (AvgIpc) is 2.80. The summed E-state index contributed by atoms with van der Waals surface area (Å²) < 4.78 is 125. The molecule has 1 nitrogen and oxygen atoms in total. The minimum Gasteiger partial charge on any atom is -0.496 e. The first kappa shape index (κ1) is 27.4. The zero-order valence-electron chi connectivity index (χ0n) is 19.1. The number of halogens is 9. The minimum absolute atomic E-state index is 0.0142. The van der Waals surface area contributed by atoms with Gasteiger partial charge in [-0.2, -0.15) is 39.5 Å².